The summed E-state index contributed by atoms with van der Waals surface area (Å²) in [5, 5.41) is 0. The van der Waals surface area contributed by atoms with Crippen LogP contribution in [0.2, 0.25) is 0 Å². The number of nitrogens with zero attached hydrogens (tertiary/aromatic N) is 2. The maximum absolute atomic E-state index is 5.32. The summed E-state index contributed by atoms with van der Waals surface area (Å²) in [5.74, 6) is 0. The molecule has 0 fully saturated rings. The minimum Gasteiger partial charge on any atom is -0.358 e. The summed E-state index contributed by atoms with van der Waals surface area (Å²) >= 11 is -1.36. The van der Waals surface area contributed by atoms with Crippen LogP contribution in [0.15, 0.2) is 110 Å². The van der Waals surface area contributed by atoms with Crippen molar-refractivity contribution in [1.82, 2.24) is 9.97 Å². The van der Waals surface area contributed by atoms with Crippen molar-refractivity contribution in [2.45, 2.75) is 6.92 Å². The maximum atomic E-state index is 5.32. The Bertz CT molecular complexity index is 811. The first kappa shape index (κ1) is 25.8. The maximum Gasteiger partial charge on any atom is 0.0273 e. The van der Waals surface area contributed by atoms with E-state index in [1.165, 1.54) is 22.3 Å². The SMILES string of the molecule is C[CH]=[Ru]([Cl])[Cl].[CH3-].c1ccc(-c2ccncc2)cc1.c1ccc(-c2ccncc2)cc1. The van der Waals surface area contributed by atoms with Crippen molar-refractivity contribution < 1.29 is 13.5 Å². The van der Waals surface area contributed by atoms with Gasteiger partial charge in [0.2, 0.25) is 0 Å². The largest absolute Gasteiger partial charge is 0.358 e. The van der Waals surface area contributed by atoms with Crippen molar-refractivity contribution >= 4 is 24.0 Å². The van der Waals surface area contributed by atoms with Crippen LogP contribution >= 0.6 is 19.4 Å². The Morgan fingerprint density at radius 1 is 0.567 bits per heavy atom. The van der Waals surface area contributed by atoms with Gasteiger partial charge in [0, 0.05) is 24.8 Å². The zero-order valence-corrected chi connectivity index (χ0v) is 20.2. The van der Waals surface area contributed by atoms with Gasteiger partial charge < -0.3 is 7.43 Å². The third-order valence-electron chi connectivity index (χ3n) is 3.73. The number of aromatic nitrogens is 2. The molecular formula is C25H25Cl2N2Ru-. The molecule has 2 aromatic carbocycles. The van der Waals surface area contributed by atoms with Crippen LogP contribution < -0.4 is 0 Å². The van der Waals surface area contributed by atoms with E-state index >= 15 is 0 Å². The predicted octanol–water partition coefficient (Wildman–Crippen LogP) is 7.68. The van der Waals surface area contributed by atoms with Crippen molar-refractivity contribution in [2.24, 2.45) is 0 Å². The van der Waals surface area contributed by atoms with Gasteiger partial charge >= 0.3 is 44.4 Å². The predicted molar refractivity (Wildman–Crippen MR) is 129 cm³/mol. The third-order valence-corrected chi connectivity index (χ3v) is 6.31. The molecule has 0 spiro atoms. The minimum atomic E-state index is -1.36. The van der Waals surface area contributed by atoms with Gasteiger partial charge in [-0.1, -0.05) is 60.7 Å². The smallest absolute Gasteiger partial charge is 0.0273 e. The molecule has 0 aliphatic rings. The van der Waals surface area contributed by atoms with Crippen LogP contribution in [0.25, 0.3) is 22.3 Å². The number of rotatable bonds is 2. The second-order valence-corrected chi connectivity index (χ2v) is 11.8. The first-order chi connectivity index (χ1) is 14.2. The zero-order valence-electron chi connectivity index (χ0n) is 17.0. The van der Waals surface area contributed by atoms with Gasteiger partial charge in [-0.2, -0.15) is 0 Å². The monoisotopic (exact) mass is 525 g/mol. The summed E-state index contributed by atoms with van der Waals surface area (Å²) in [4.78, 5) is 7.94. The van der Waals surface area contributed by atoms with Crippen molar-refractivity contribution in [3.05, 3.63) is 117 Å². The molecule has 5 heteroatoms. The van der Waals surface area contributed by atoms with Gasteiger partial charge in [0.25, 0.3) is 0 Å². The van der Waals surface area contributed by atoms with E-state index in [-0.39, 0.29) is 7.43 Å². The Balaban J connectivity index is 0.000000241. The number of hydrogen-bond donors (Lipinski definition) is 0. The van der Waals surface area contributed by atoms with E-state index in [0.717, 1.165) is 0 Å². The van der Waals surface area contributed by atoms with Crippen LogP contribution in [-0.2, 0) is 13.5 Å². The fourth-order valence-electron chi connectivity index (χ4n) is 2.35. The Morgan fingerprint density at radius 3 is 1.10 bits per heavy atom. The summed E-state index contributed by atoms with van der Waals surface area (Å²) in [6, 6.07) is 28.6. The van der Waals surface area contributed by atoms with E-state index in [4.69, 9.17) is 19.4 Å². The van der Waals surface area contributed by atoms with Gasteiger partial charge in [-0.15, -0.1) is 0 Å². The molecule has 0 N–H and O–H groups in total. The van der Waals surface area contributed by atoms with Gasteiger partial charge in [-0.05, 0) is 46.5 Å². The summed E-state index contributed by atoms with van der Waals surface area (Å²) in [5.41, 5.74) is 4.90. The van der Waals surface area contributed by atoms with Crippen LogP contribution in [-0.4, -0.2) is 14.6 Å². The van der Waals surface area contributed by atoms with Crippen LogP contribution in [0.1, 0.15) is 6.92 Å². The molecule has 0 saturated heterocycles. The molecule has 158 valence electrons. The molecule has 30 heavy (non-hydrogen) atoms. The van der Waals surface area contributed by atoms with Crippen LogP contribution in [0.5, 0.6) is 0 Å². The summed E-state index contributed by atoms with van der Waals surface area (Å²) in [7, 11) is 10.6. The second-order valence-electron chi connectivity index (χ2n) is 5.61. The van der Waals surface area contributed by atoms with E-state index in [0.29, 0.717) is 0 Å². The fraction of sp³-hybridized carbons (Fsp3) is 0.0400. The Hall–Kier alpha value is -2.19. The van der Waals surface area contributed by atoms with E-state index in [9.17, 15) is 0 Å². The van der Waals surface area contributed by atoms with Crippen molar-refractivity contribution in [2.75, 3.05) is 0 Å². The molecule has 4 aromatic rings. The van der Waals surface area contributed by atoms with Gasteiger partial charge in [0.15, 0.2) is 0 Å². The summed E-state index contributed by atoms with van der Waals surface area (Å²) < 4.78 is 1.84. The molecule has 0 aliphatic heterocycles. The van der Waals surface area contributed by atoms with Gasteiger partial charge in [-0.3, -0.25) is 9.97 Å². The molecule has 0 amide bonds. The number of pyridine rings is 2. The molecule has 0 radical (unpaired) electrons. The Kier molecular flexibility index (Phi) is 13.5. The molecular weight excluding hydrogens is 500 g/mol. The molecule has 0 bridgehead atoms. The van der Waals surface area contributed by atoms with Crippen molar-refractivity contribution in [3.63, 3.8) is 0 Å². The summed E-state index contributed by atoms with van der Waals surface area (Å²) in [6.45, 7) is 1.87. The first-order valence-electron chi connectivity index (χ1n) is 8.89. The van der Waals surface area contributed by atoms with Crippen LogP contribution in [0.3, 0.4) is 0 Å². The molecule has 0 atom stereocenters. The third kappa shape index (κ3) is 10.0. The van der Waals surface area contributed by atoms with Crippen LogP contribution in [0, 0.1) is 7.43 Å². The van der Waals surface area contributed by atoms with E-state index in [2.05, 4.69) is 34.2 Å². The average Bonchev–Trinajstić information content (AvgIpc) is 2.82. The molecule has 2 heterocycles. The second kappa shape index (κ2) is 15.6. The summed E-state index contributed by atoms with van der Waals surface area (Å²) in [6.07, 6.45) is 7.23. The van der Waals surface area contributed by atoms with E-state index in [1.54, 1.807) is 0 Å². The molecule has 0 unspecified atom stereocenters. The molecule has 2 aromatic heterocycles. The van der Waals surface area contributed by atoms with Crippen molar-refractivity contribution in [3.8, 4) is 22.3 Å². The average molecular weight is 525 g/mol. The topological polar surface area (TPSA) is 25.8 Å². The molecule has 0 aliphatic carbocycles. The molecule has 2 nitrogen and oxygen atoms in total. The number of hydrogen-bond acceptors (Lipinski definition) is 2. The zero-order chi connectivity index (χ0) is 20.7. The van der Waals surface area contributed by atoms with E-state index in [1.807, 2.05) is 97.0 Å². The van der Waals surface area contributed by atoms with Crippen molar-refractivity contribution in [1.29, 1.82) is 0 Å². The van der Waals surface area contributed by atoms with Gasteiger partial charge in [0.1, 0.15) is 0 Å². The molecule has 4 rings (SSSR count). The Labute approximate surface area is 193 Å². The van der Waals surface area contributed by atoms with Crippen LogP contribution in [0.4, 0.5) is 0 Å². The molecule has 0 saturated carbocycles. The number of halogens is 2. The Morgan fingerprint density at radius 2 is 0.833 bits per heavy atom. The first-order valence-corrected chi connectivity index (χ1v) is 14.4. The number of benzene rings is 2. The van der Waals surface area contributed by atoms with E-state index < -0.39 is 13.5 Å². The van der Waals surface area contributed by atoms with Gasteiger partial charge in [-0.25, -0.2) is 0 Å². The normalized spacial score (nSPS) is 9.50. The standard InChI is InChI=1S/2C11H9N.C2H4.CH3.2ClH.Ru/c2*1-2-4-10(5-3-1)11-6-8-12-9-7-11;1-2;;;;/h2*1-9H;1H,2H3;1H3;2*1H;/q;;;-1;;;+2/p-2. The fourth-order valence-corrected chi connectivity index (χ4v) is 2.35. The minimum absolute atomic E-state index is 0. The van der Waals surface area contributed by atoms with Gasteiger partial charge in [0.05, 0.1) is 0 Å². The quantitative estimate of drug-likeness (QED) is 0.198.